The van der Waals surface area contributed by atoms with Gasteiger partial charge in [-0.3, -0.25) is 9.59 Å². The van der Waals surface area contributed by atoms with E-state index in [0.29, 0.717) is 19.4 Å². The monoisotopic (exact) mass is 378 g/mol. The van der Waals surface area contributed by atoms with Crippen LogP contribution >= 0.6 is 0 Å². The third-order valence-corrected chi connectivity index (χ3v) is 9.17. The van der Waals surface area contributed by atoms with E-state index in [-0.39, 0.29) is 23.9 Å². The van der Waals surface area contributed by atoms with Gasteiger partial charge in [-0.2, -0.15) is 0 Å². The Morgan fingerprint density at radius 1 is 1.07 bits per heavy atom. The molecule has 6 fully saturated rings. The summed E-state index contributed by atoms with van der Waals surface area (Å²) in [5.41, 5.74) is -3.96. The van der Waals surface area contributed by atoms with Crippen LogP contribution in [0.25, 0.3) is 0 Å². The van der Waals surface area contributed by atoms with Gasteiger partial charge in [0.2, 0.25) is 0 Å². The van der Waals surface area contributed by atoms with Crippen molar-refractivity contribution in [1.29, 1.82) is 0 Å². The number of ketones is 1. The van der Waals surface area contributed by atoms with E-state index in [9.17, 15) is 19.8 Å². The lowest BCUT2D eigenvalue weighted by atomic mass is 9.43. The summed E-state index contributed by atoms with van der Waals surface area (Å²) >= 11 is 0. The Kier molecular flexibility index (Phi) is 2.77. The van der Waals surface area contributed by atoms with E-state index in [0.717, 1.165) is 0 Å². The van der Waals surface area contributed by atoms with E-state index in [1.54, 1.807) is 0 Å². The summed E-state index contributed by atoms with van der Waals surface area (Å²) in [4.78, 5) is 26.6. The summed E-state index contributed by atoms with van der Waals surface area (Å²) in [7, 11) is 0. The van der Waals surface area contributed by atoms with Crippen LogP contribution in [0.1, 0.15) is 40.0 Å². The Morgan fingerprint density at radius 3 is 2.56 bits per heavy atom. The van der Waals surface area contributed by atoms with E-state index < -0.39 is 58.5 Å². The second-order valence-corrected chi connectivity index (χ2v) is 10.5. The predicted molar refractivity (Wildman–Crippen MR) is 89.1 cm³/mol. The highest BCUT2D eigenvalue weighted by molar-refractivity contribution is 6.11. The van der Waals surface area contributed by atoms with Crippen LogP contribution in [0.4, 0.5) is 0 Å². The molecule has 3 aliphatic heterocycles. The molecule has 2 spiro atoms. The minimum Gasteiger partial charge on any atom is -0.461 e. The fourth-order valence-electron chi connectivity index (χ4n) is 8.08. The summed E-state index contributed by atoms with van der Waals surface area (Å²) < 4.78 is 18.1. The highest BCUT2D eigenvalue weighted by Crippen LogP contribution is 2.74. The molecule has 0 radical (unpaired) electrons. The van der Waals surface area contributed by atoms with Gasteiger partial charge in [0.05, 0.1) is 18.8 Å². The Bertz CT molecular complexity index is 774. The van der Waals surface area contributed by atoms with Gasteiger partial charge < -0.3 is 24.4 Å². The van der Waals surface area contributed by atoms with Crippen LogP contribution in [-0.4, -0.2) is 58.8 Å². The first-order valence-electron chi connectivity index (χ1n) is 10.0. The van der Waals surface area contributed by atoms with Gasteiger partial charge in [-0.05, 0) is 31.1 Å². The molecule has 0 aromatic rings. The highest BCUT2D eigenvalue weighted by atomic mass is 16.7. The van der Waals surface area contributed by atoms with Crippen molar-refractivity contribution < 1.29 is 34.0 Å². The zero-order valence-corrected chi connectivity index (χ0v) is 15.8. The normalized spacial score (nSPS) is 62.2. The molecular weight excluding hydrogens is 352 g/mol. The lowest BCUT2D eigenvalue weighted by Crippen LogP contribution is -2.71. The molecule has 6 rings (SSSR count). The number of hydrogen-bond donors (Lipinski definition) is 2. The van der Waals surface area contributed by atoms with E-state index in [2.05, 4.69) is 13.8 Å². The molecule has 27 heavy (non-hydrogen) atoms. The minimum atomic E-state index is -1.62. The van der Waals surface area contributed by atoms with Crippen LogP contribution in [0.5, 0.6) is 0 Å². The molecule has 4 bridgehead atoms. The molecule has 7 nitrogen and oxygen atoms in total. The number of esters is 1. The summed E-state index contributed by atoms with van der Waals surface area (Å²) in [6.07, 6.45) is -0.643. The predicted octanol–water partition coefficient (Wildman–Crippen LogP) is 0.407. The number of ether oxygens (including phenoxy) is 3. The van der Waals surface area contributed by atoms with E-state index in [1.807, 2.05) is 0 Å². The number of Topliss-reactive ketones (excluding diaryl/α,β-unsaturated/α-hetero) is 1. The molecule has 0 amide bonds. The van der Waals surface area contributed by atoms with Crippen LogP contribution in [-0.2, 0) is 23.8 Å². The summed E-state index contributed by atoms with van der Waals surface area (Å²) in [6.45, 7) is 6.07. The van der Waals surface area contributed by atoms with E-state index >= 15 is 0 Å². The number of aliphatic hydroxyl groups excluding tert-OH is 1. The first kappa shape index (κ1) is 16.9. The van der Waals surface area contributed by atoms with Crippen molar-refractivity contribution in [2.45, 2.75) is 70.2 Å². The molecule has 6 aliphatic rings. The Balaban J connectivity index is 1.60. The van der Waals surface area contributed by atoms with Gasteiger partial charge in [0, 0.05) is 23.7 Å². The van der Waals surface area contributed by atoms with Gasteiger partial charge >= 0.3 is 5.97 Å². The molecule has 148 valence electrons. The fourth-order valence-corrected chi connectivity index (χ4v) is 8.08. The van der Waals surface area contributed by atoms with Crippen molar-refractivity contribution in [3.05, 3.63) is 0 Å². The third kappa shape index (κ3) is 1.49. The first-order valence-corrected chi connectivity index (χ1v) is 10.0. The molecule has 3 aliphatic carbocycles. The van der Waals surface area contributed by atoms with Crippen LogP contribution < -0.4 is 0 Å². The SMILES string of the molecule is CC1(O)C(=O)C23CC1CC(O)C2C12COC4OC(CC1OC3=O)C(C)(C)C42. The number of rotatable bonds is 0. The van der Waals surface area contributed by atoms with Crippen molar-refractivity contribution in [3.8, 4) is 0 Å². The first-order chi connectivity index (χ1) is 12.6. The van der Waals surface area contributed by atoms with Gasteiger partial charge in [0.15, 0.2) is 12.1 Å². The van der Waals surface area contributed by atoms with Crippen LogP contribution in [0.15, 0.2) is 0 Å². The van der Waals surface area contributed by atoms with Crippen molar-refractivity contribution in [1.82, 2.24) is 0 Å². The maximum Gasteiger partial charge on any atom is 0.320 e. The maximum absolute atomic E-state index is 13.4. The Morgan fingerprint density at radius 2 is 1.81 bits per heavy atom. The molecule has 3 saturated carbocycles. The van der Waals surface area contributed by atoms with Gasteiger partial charge in [0.1, 0.15) is 17.1 Å². The molecule has 10 unspecified atom stereocenters. The van der Waals surface area contributed by atoms with Crippen LogP contribution in [0, 0.1) is 34.0 Å². The van der Waals surface area contributed by atoms with Gasteiger partial charge in [-0.15, -0.1) is 0 Å². The number of fused-ring (bicyclic) bond motifs is 2. The van der Waals surface area contributed by atoms with Crippen molar-refractivity contribution in [2.75, 3.05) is 6.61 Å². The molecule has 0 aromatic heterocycles. The maximum atomic E-state index is 13.4. The Labute approximate surface area is 157 Å². The zero-order chi connectivity index (χ0) is 19.1. The van der Waals surface area contributed by atoms with Gasteiger partial charge in [-0.1, -0.05) is 13.8 Å². The zero-order valence-electron chi connectivity index (χ0n) is 15.8. The van der Waals surface area contributed by atoms with E-state index in [4.69, 9.17) is 14.2 Å². The summed E-state index contributed by atoms with van der Waals surface area (Å²) in [6, 6.07) is 0. The molecule has 3 saturated heterocycles. The van der Waals surface area contributed by atoms with E-state index in [1.165, 1.54) is 6.92 Å². The smallest absolute Gasteiger partial charge is 0.320 e. The molecule has 3 heterocycles. The third-order valence-electron chi connectivity index (χ3n) is 9.17. The molecular formula is C20H26O7. The van der Waals surface area contributed by atoms with Gasteiger partial charge in [0.25, 0.3) is 0 Å². The number of aliphatic hydroxyl groups is 2. The van der Waals surface area contributed by atoms with Crippen LogP contribution in [0.3, 0.4) is 0 Å². The van der Waals surface area contributed by atoms with Crippen LogP contribution in [0.2, 0.25) is 0 Å². The topological polar surface area (TPSA) is 102 Å². The molecule has 0 aromatic carbocycles. The molecule has 2 N–H and O–H groups in total. The summed E-state index contributed by atoms with van der Waals surface area (Å²) in [5, 5.41) is 22.1. The molecule has 7 heteroatoms. The van der Waals surface area contributed by atoms with Crippen molar-refractivity contribution in [2.24, 2.45) is 34.0 Å². The quantitative estimate of drug-likeness (QED) is 0.465. The summed E-state index contributed by atoms with van der Waals surface area (Å²) in [5.74, 6) is -2.16. The lowest BCUT2D eigenvalue weighted by Gasteiger charge is -2.61. The fraction of sp³-hybridized carbons (Fsp3) is 0.900. The number of hydrogen-bond acceptors (Lipinski definition) is 7. The second kappa shape index (κ2) is 4.42. The largest absolute Gasteiger partial charge is 0.461 e. The highest BCUT2D eigenvalue weighted by Gasteiger charge is 2.83. The Hall–Kier alpha value is -1.02. The molecule has 10 atom stereocenters. The van der Waals surface area contributed by atoms with Gasteiger partial charge in [-0.25, -0.2) is 0 Å². The number of carbonyl (C=O) groups excluding carboxylic acids is 2. The average molecular weight is 378 g/mol. The lowest BCUT2D eigenvalue weighted by molar-refractivity contribution is -0.252. The standard InChI is InChI=1S/C20H26O7/c1-17(2)10-5-11-20(7-25-14(26-10)13(17)20)12-9(21)4-8-6-19(12,16(23)27-11)15(22)18(8,3)24/h8-14,21,24H,4-7H2,1-3H3. The second-order valence-electron chi connectivity index (χ2n) is 10.5. The minimum absolute atomic E-state index is 0.0618. The van der Waals surface area contributed by atoms with Crippen molar-refractivity contribution >= 4 is 11.8 Å². The van der Waals surface area contributed by atoms with Crippen molar-refractivity contribution in [3.63, 3.8) is 0 Å². The number of carbonyl (C=O) groups is 2. The average Bonchev–Trinajstić information content (AvgIpc) is 3.07.